The van der Waals surface area contributed by atoms with Gasteiger partial charge in [0.2, 0.25) is 0 Å². The van der Waals surface area contributed by atoms with Crippen LogP contribution in [0.5, 0.6) is 5.75 Å². The molecule has 0 aliphatic rings. The van der Waals surface area contributed by atoms with Gasteiger partial charge in [-0.2, -0.15) is 0 Å². The Morgan fingerprint density at radius 2 is 2.27 bits per heavy atom. The van der Waals surface area contributed by atoms with E-state index in [1.165, 1.54) is 0 Å². The second-order valence-corrected chi connectivity index (χ2v) is 4.17. The average Bonchev–Trinajstić information content (AvgIpc) is 2.13. The fourth-order valence-corrected chi connectivity index (χ4v) is 2.00. The summed E-state index contributed by atoms with van der Waals surface area (Å²) in [7, 11) is 0. The van der Waals surface area contributed by atoms with E-state index in [4.69, 9.17) is 16.3 Å². The molecule has 3 nitrogen and oxygen atoms in total. The van der Waals surface area contributed by atoms with Gasteiger partial charge in [0, 0.05) is 10.6 Å². The van der Waals surface area contributed by atoms with Gasteiger partial charge < -0.3 is 9.84 Å². The first-order chi connectivity index (χ1) is 7.04. The zero-order valence-corrected chi connectivity index (χ0v) is 10.4. The van der Waals surface area contributed by atoms with Gasteiger partial charge in [-0.1, -0.05) is 11.6 Å². The van der Waals surface area contributed by atoms with Crippen molar-refractivity contribution in [2.24, 2.45) is 0 Å². The van der Waals surface area contributed by atoms with Crippen LogP contribution in [-0.4, -0.2) is 17.7 Å². The molecular weight excluding hydrogens is 283 g/mol. The maximum Gasteiger partial charge on any atom is 0.310 e. The van der Waals surface area contributed by atoms with Crippen LogP contribution in [0.15, 0.2) is 16.6 Å². The molecule has 0 radical (unpaired) electrons. The second kappa shape index (κ2) is 5.37. The number of esters is 1. The Morgan fingerprint density at radius 3 is 2.87 bits per heavy atom. The molecule has 0 bridgehead atoms. The largest absolute Gasteiger partial charge is 0.506 e. The van der Waals surface area contributed by atoms with E-state index in [2.05, 4.69) is 15.9 Å². The number of halogens is 2. The monoisotopic (exact) mass is 292 g/mol. The van der Waals surface area contributed by atoms with Crippen molar-refractivity contribution in [3.63, 3.8) is 0 Å². The highest BCUT2D eigenvalue weighted by Crippen LogP contribution is 2.31. The lowest BCUT2D eigenvalue weighted by Crippen LogP contribution is -2.07. The molecule has 0 amide bonds. The first kappa shape index (κ1) is 12.3. The predicted octanol–water partition coefficient (Wildman–Crippen LogP) is 2.91. The second-order valence-electron chi connectivity index (χ2n) is 2.88. The molecule has 0 saturated heterocycles. The number of benzene rings is 1. The van der Waals surface area contributed by atoms with Gasteiger partial charge >= 0.3 is 5.97 Å². The van der Waals surface area contributed by atoms with Crippen LogP contribution in [-0.2, 0) is 16.0 Å². The lowest BCUT2D eigenvalue weighted by atomic mass is 10.1. The number of rotatable bonds is 3. The summed E-state index contributed by atoms with van der Waals surface area (Å²) in [5, 5.41) is 10.1. The number of hydrogen-bond acceptors (Lipinski definition) is 3. The molecule has 0 aromatic heterocycles. The Hall–Kier alpha value is -0.740. The fraction of sp³-hybridized carbons (Fsp3) is 0.300. The molecule has 0 spiro atoms. The first-order valence-corrected chi connectivity index (χ1v) is 5.54. The Balaban J connectivity index is 2.89. The third-order valence-corrected chi connectivity index (χ3v) is 2.57. The highest BCUT2D eigenvalue weighted by molar-refractivity contribution is 9.10. The van der Waals surface area contributed by atoms with Crippen molar-refractivity contribution in [2.45, 2.75) is 13.3 Å². The molecule has 1 aromatic rings. The molecule has 5 heteroatoms. The normalized spacial score (nSPS) is 10.1. The van der Waals surface area contributed by atoms with Crippen molar-refractivity contribution in [3.05, 3.63) is 27.2 Å². The van der Waals surface area contributed by atoms with Gasteiger partial charge in [0.1, 0.15) is 5.75 Å². The quantitative estimate of drug-likeness (QED) is 0.872. The van der Waals surface area contributed by atoms with Gasteiger partial charge in [-0.25, -0.2) is 0 Å². The molecule has 0 atom stereocenters. The van der Waals surface area contributed by atoms with Gasteiger partial charge in [-0.15, -0.1) is 0 Å². The summed E-state index contributed by atoms with van der Waals surface area (Å²) >= 11 is 8.93. The number of hydrogen-bond donors (Lipinski definition) is 1. The molecule has 82 valence electrons. The summed E-state index contributed by atoms with van der Waals surface area (Å²) in [5.41, 5.74) is 0.452. The molecule has 0 fully saturated rings. The number of carbonyl (C=O) groups is 1. The van der Waals surface area contributed by atoms with E-state index in [9.17, 15) is 9.90 Å². The van der Waals surface area contributed by atoms with Crippen molar-refractivity contribution in [2.75, 3.05) is 6.61 Å². The third kappa shape index (κ3) is 3.39. The summed E-state index contributed by atoms with van der Waals surface area (Å²) in [4.78, 5) is 11.2. The summed E-state index contributed by atoms with van der Waals surface area (Å²) < 4.78 is 5.24. The summed E-state index contributed by atoms with van der Waals surface area (Å²) in [6.45, 7) is 2.05. The SMILES string of the molecule is CCOC(=O)Cc1cc(Cl)cc(Br)c1O. The summed E-state index contributed by atoms with van der Waals surface area (Å²) in [5.74, 6) is -0.366. The number of ether oxygens (including phenoxy) is 1. The van der Waals surface area contributed by atoms with Crippen LogP contribution >= 0.6 is 27.5 Å². The highest BCUT2D eigenvalue weighted by Gasteiger charge is 2.12. The Morgan fingerprint density at radius 1 is 1.60 bits per heavy atom. The van der Waals surface area contributed by atoms with Gasteiger partial charge in [0.15, 0.2) is 0 Å². The van der Waals surface area contributed by atoms with Gasteiger partial charge in [-0.05, 0) is 35.0 Å². The van der Waals surface area contributed by atoms with E-state index in [0.717, 1.165) is 0 Å². The number of carbonyl (C=O) groups excluding carboxylic acids is 1. The topological polar surface area (TPSA) is 46.5 Å². The first-order valence-electron chi connectivity index (χ1n) is 4.37. The lowest BCUT2D eigenvalue weighted by molar-refractivity contribution is -0.142. The summed E-state index contributed by atoms with van der Waals surface area (Å²) in [6.07, 6.45) is 0.0127. The molecular formula is C10H10BrClO3. The van der Waals surface area contributed by atoms with E-state index >= 15 is 0 Å². The maximum absolute atomic E-state index is 11.2. The minimum Gasteiger partial charge on any atom is -0.506 e. The predicted molar refractivity (Wildman–Crippen MR) is 61.2 cm³/mol. The van der Waals surface area contributed by atoms with Crippen LogP contribution in [0, 0.1) is 0 Å². The Labute approximate surface area is 101 Å². The minimum atomic E-state index is -0.387. The summed E-state index contributed by atoms with van der Waals surface area (Å²) in [6, 6.07) is 3.10. The van der Waals surface area contributed by atoms with Gasteiger partial charge in [0.05, 0.1) is 17.5 Å². The average molecular weight is 294 g/mol. The number of phenols is 1. The van der Waals surface area contributed by atoms with Crippen LogP contribution in [0.4, 0.5) is 0 Å². The highest BCUT2D eigenvalue weighted by atomic mass is 79.9. The lowest BCUT2D eigenvalue weighted by Gasteiger charge is -2.06. The fourth-order valence-electron chi connectivity index (χ4n) is 1.12. The molecule has 0 heterocycles. The van der Waals surface area contributed by atoms with Crippen molar-refractivity contribution < 1.29 is 14.6 Å². The van der Waals surface area contributed by atoms with Crippen molar-refractivity contribution in [1.29, 1.82) is 0 Å². The third-order valence-electron chi connectivity index (χ3n) is 1.75. The zero-order valence-electron chi connectivity index (χ0n) is 8.09. The Bertz CT molecular complexity index is 379. The zero-order chi connectivity index (χ0) is 11.4. The molecule has 0 saturated carbocycles. The minimum absolute atomic E-state index is 0.0127. The van der Waals surface area contributed by atoms with Crippen LogP contribution in [0.1, 0.15) is 12.5 Å². The standard InChI is InChI=1S/C10H10BrClO3/c1-2-15-9(13)4-6-3-7(12)5-8(11)10(6)14/h3,5,14H,2,4H2,1H3. The van der Waals surface area contributed by atoms with Crippen molar-refractivity contribution >= 4 is 33.5 Å². The van der Waals surface area contributed by atoms with Crippen LogP contribution < -0.4 is 0 Å². The molecule has 0 unspecified atom stereocenters. The van der Waals surface area contributed by atoms with E-state index in [-0.39, 0.29) is 18.1 Å². The van der Waals surface area contributed by atoms with E-state index < -0.39 is 0 Å². The Kier molecular flexibility index (Phi) is 4.42. The van der Waals surface area contributed by atoms with E-state index in [0.29, 0.717) is 21.7 Å². The van der Waals surface area contributed by atoms with Gasteiger partial charge in [-0.3, -0.25) is 4.79 Å². The molecule has 1 aromatic carbocycles. The van der Waals surface area contributed by atoms with E-state index in [1.54, 1.807) is 19.1 Å². The molecule has 1 rings (SSSR count). The van der Waals surface area contributed by atoms with Crippen molar-refractivity contribution in [1.82, 2.24) is 0 Å². The molecule has 0 aliphatic carbocycles. The molecule has 1 N–H and O–H groups in total. The van der Waals surface area contributed by atoms with Gasteiger partial charge in [0.25, 0.3) is 0 Å². The number of aromatic hydroxyl groups is 1. The van der Waals surface area contributed by atoms with Crippen LogP contribution in [0.25, 0.3) is 0 Å². The smallest absolute Gasteiger partial charge is 0.310 e. The van der Waals surface area contributed by atoms with Crippen LogP contribution in [0.2, 0.25) is 5.02 Å². The molecule has 0 aliphatic heterocycles. The number of phenolic OH excluding ortho intramolecular Hbond substituents is 1. The maximum atomic E-state index is 11.2. The van der Waals surface area contributed by atoms with Crippen LogP contribution in [0.3, 0.4) is 0 Å². The van der Waals surface area contributed by atoms with E-state index in [1.807, 2.05) is 0 Å². The van der Waals surface area contributed by atoms with Crippen molar-refractivity contribution in [3.8, 4) is 5.75 Å². The molecule has 15 heavy (non-hydrogen) atoms.